The summed E-state index contributed by atoms with van der Waals surface area (Å²) in [6.45, 7) is 6.39. The van der Waals surface area contributed by atoms with Crippen molar-refractivity contribution in [2.75, 3.05) is 13.1 Å². The van der Waals surface area contributed by atoms with E-state index in [0.717, 1.165) is 12.2 Å². The van der Waals surface area contributed by atoms with E-state index < -0.39 is 36.1 Å². The van der Waals surface area contributed by atoms with Crippen LogP contribution in [0.15, 0.2) is 25.3 Å². The van der Waals surface area contributed by atoms with Gasteiger partial charge < -0.3 is 20.8 Å². The summed E-state index contributed by atoms with van der Waals surface area (Å²) in [6.07, 6.45) is 1.02. The number of rotatable bonds is 12. The maximum atomic E-state index is 12.3. The van der Waals surface area contributed by atoms with Gasteiger partial charge in [-0.15, -0.1) is 0 Å². The highest BCUT2D eigenvalue weighted by molar-refractivity contribution is 5.98. The standard InChI is InChI=1S/C20H28N4O8/c1-3-15(25)23(19(29)30)11-7-5-9-13-17(27)22-14(18(28)21-13)10-6-8-12-24(20(31)32)16(26)4-2/h3-4,13-14H,1-2,5-12H2,(H,21,28)(H,22,27)(H,29,30)(H,31,32). The second-order valence-corrected chi connectivity index (χ2v) is 7.07. The fourth-order valence-corrected chi connectivity index (χ4v) is 3.14. The zero-order chi connectivity index (χ0) is 24.3. The zero-order valence-electron chi connectivity index (χ0n) is 17.6. The minimum Gasteiger partial charge on any atom is -0.465 e. The van der Waals surface area contributed by atoms with Crippen molar-refractivity contribution < 1.29 is 39.0 Å². The monoisotopic (exact) mass is 452 g/mol. The molecule has 1 aliphatic rings. The molecule has 1 heterocycles. The molecule has 12 heteroatoms. The molecule has 4 N–H and O–H groups in total. The summed E-state index contributed by atoms with van der Waals surface area (Å²) in [5.74, 6) is -2.21. The molecule has 0 bridgehead atoms. The SMILES string of the molecule is C=CC(=O)N(CCCCC1NC(=O)C(CCCCN(C(=O)O)C(=O)C=C)NC1=O)C(=O)O. The van der Waals surface area contributed by atoms with E-state index >= 15 is 0 Å². The van der Waals surface area contributed by atoms with Crippen LogP contribution in [0.1, 0.15) is 38.5 Å². The Balaban J connectivity index is 2.40. The first-order valence-corrected chi connectivity index (χ1v) is 10.1. The number of carboxylic acid groups (broad SMARTS) is 2. The highest BCUT2D eigenvalue weighted by atomic mass is 16.4. The lowest BCUT2D eigenvalue weighted by molar-refractivity contribution is -0.137. The van der Waals surface area contributed by atoms with Gasteiger partial charge in [0.15, 0.2) is 0 Å². The van der Waals surface area contributed by atoms with Gasteiger partial charge in [0, 0.05) is 13.1 Å². The van der Waals surface area contributed by atoms with Crippen molar-refractivity contribution in [1.82, 2.24) is 20.4 Å². The summed E-state index contributed by atoms with van der Waals surface area (Å²) < 4.78 is 0. The van der Waals surface area contributed by atoms with Gasteiger partial charge in [0.2, 0.25) is 11.8 Å². The van der Waals surface area contributed by atoms with E-state index in [4.69, 9.17) is 10.2 Å². The molecule has 0 aromatic carbocycles. The highest BCUT2D eigenvalue weighted by Crippen LogP contribution is 2.11. The van der Waals surface area contributed by atoms with Gasteiger partial charge in [-0.2, -0.15) is 0 Å². The average Bonchev–Trinajstić information content (AvgIpc) is 2.74. The number of nitrogens with one attached hydrogen (secondary N) is 2. The van der Waals surface area contributed by atoms with Crippen molar-refractivity contribution in [3.63, 3.8) is 0 Å². The molecule has 0 aromatic heterocycles. The van der Waals surface area contributed by atoms with Crippen LogP contribution in [-0.4, -0.2) is 81.0 Å². The van der Waals surface area contributed by atoms with Gasteiger partial charge in [-0.05, 0) is 50.7 Å². The topological polar surface area (TPSA) is 173 Å². The first-order valence-electron chi connectivity index (χ1n) is 10.1. The van der Waals surface area contributed by atoms with Gasteiger partial charge >= 0.3 is 12.2 Å². The minimum absolute atomic E-state index is 0.0488. The second-order valence-electron chi connectivity index (χ2n) is 7.07. The Labute approximate surface area is 184 Å². The summed E-state index contributed by atoms with van der Waals surface area (Å²) in [5, 5.41) is 23.2. The van der Waals surface area contributed by atoms with Crippen molar-refractivity contribution in [3.05, 3.63) is 25.3 Å². The molecule has 1 aliphatic heterocycles. The fourth-order valence-electron chi connectivity index (χ4n) is 3.14. The predicted molar refractivity (Wildman–Crippen MR) is 111 cm³/mol. The number of nitrogens with zero attached hydrogens (tertiary/aromatic N) is 2. The number of unbranched alkanes of at least 4 members (excludes halogenated alkanes) is 2. The van der Waals surface area contributed by atoms with Gasteiger partial charge in [0.25, 0.3) is 11.8 Å². The third kappa shape index (κ3) is 7.85. The molecule has 1 rings (SSSR count). The molecule has 2 unspecified atom stereocenters. The van der Waals surface area contributed by atoms with Crippen molar-refractivity contribution in [2.24, 2.45) is 0 Å². The Morgan fingerprint density at radius 3 is 1.38 bits per heavy atom. The maximum Gasteiger partial charge on any atom is 0.414 e. The minimum atomic E-state index is -1.39. The number of carbonyl (C=O) groups is 6. The zero-order valence-corrected chi connectivity index (χ0v) is 17.6. The molecule has 1 fully saturated rings. The Hall–Kier alpha value is -3.70. The molecule has 0 radical (unpaired) electrons. The summed E-state index contributed by atoms with van der Waals surface area (Å²) >= 11 is 0. The Kier molecular flexibility index (Phi) is 10.6. The van der Waals surface area contributed by atoms with Crippen LogP contribution in [0.5, 0.6) is 0 Å². The van der Waals surface area contributed by atoms with E-state index in [-0.39, 0.29) is 37.7 Å². The molecule has 0 saturated carbocycles. The molecule has 0 aliphatic carbocycles. The van der Waals surface area contributed by atoms with Gasteiger partial charge in [0.05, 0.1) is 0 Å². The average molecular weight is 452 g/mol. The van der Waals surface area contributed by atoms with Crippen LogP contribution in [0, 0.1) is 0 Å². The Bertz CT molecular complexity index is 718. The lowest BCUT2D eigenvalue weighted by Gasteiger charge is -2.30. The third-order valence-electron chi connectivity index (χ3n) is 4.86. The lowest BCUT2D eigenvalue weighted by atomic mass is 10.0. The van der Waals surface area contributed by atoms with Crippen LogP contribution in [0.4, 0.5) is 9.59 Å². The summed E-state index contributed by atoms with van der Waals surface area (Å²) in [6, 6.07) is -1.53. The number of piperazine rings is 1. The van der Waals surface area contributed by atoms with E-state index in [0.29, 0.717) is 35.5 Å². The maximum absolute atomic E-state index is 12.3. The molecule has 12 nitrogen and oxygen atoms in total. The molecule has 0 aromatic rings. The van der Waals surface area contributed by atoms with Crippen molar-refractivity contribution >= 4 is 35.8 Å². The molecule has 6 amide bonds. The van der Waals surface area contributed by atoms with Crippen LogP contribution >= 0.6 is 0 Å². The first kappa shape index (κ1) is 26.3. The van der Waals surface area contributed by atoms with E-state index in [2.05, 4.69) is 23.8 Å². The van der Waals surface area contributed by atoms with Gasteiger partial charge in [0.1, 0.15) is 12.1 Å². The smallest absolute Gasteiger partial charge is 0.414 e. The van der Waals surface area contributed by atoms with Gasteiger partial charge in [-0.1, -0.05) is 13.2 Å². The fraction of sp³-hybridized carbons (Fsp3) is 0.500. The first-order chi connectivity index (χ1) is 15.1. The quantitative estimate of drug-likeness (QED) is 0.247. The molecule has 32 heavy (non-hydrogen) atoms. The molecule has 0 spiro atoms. The normalized spacial score (nSPS) is 17.5. The van der Waals surface area contributed by atoms with Crippen LogP contribution < -0.4 is 10.6 Å². The van der Waals surface area contributed by atoms with E-state index in [9.17, 15) is 28.8 Å². The largest absolute Gasteiger partial charge is 0.465 e. The van der Waals surface area contributed by atoms with Gasteiger partial charge in [-0.25, -0.2) is 19.4 Å². The highest BCUT2D eigenvalue weighted by Gasteiger charge is 2.33. The summed E-state index contributed by atoms with van der Waals surface area (Å²) in [4.78, 5) is 70.8. The number of hydrogen-bond donors (Lipinski definition) is 4. The molecular formula is C20H28N4O8. The van der Waals surface area contributed by atoms with E-state index in [1.54, 1.807) is 0 Å². The Morgan fingerprint density at radius 2 is 1.09 bits per heavy atom. The van der Waals surface area contributed by atoms with E-state index in [1.165, 1.54) is 0 Å². The van der Waals surface area contributed by atoms with Crippen molar-refractivity contribution in [2.45, 2.75) is 50.6 Å². The number of imide groups is 2. The predicted octanol–water partition coefficient (Wildman–Crippen LogP) is 0.695. The third-order valence-corrected chi connectivity index (χ3v) is 4.86. The van der Waals surface area contributed by atoms with Crippen LogP contribution in [0.25, 0.3) is 0 Å². The van der Waals surface area contributed by atoms with Crippen molar-refractivity contribution in [3.8, 4) is 0 Å². The second kappa shape index (κ2) is 12.9. The van der Waals surface area contributed by atoms with Crippen LogP contribution in [0.2, 0.25) is 0 Å². The van der Waals surface area contributed by atoms with Crippen LogP contribution in [0.3, 0.4) is 0 Å². The molecule has 1 saturated heterocycles. The lowest BCUT2D eigenvalue weighted by Crippen LogP contribution is -2.61. The van der Waals surface area contributed by atoms with Gasteiger partial charge in [-0.3, -0.25) is 19.2 Å². The number of carbonyl (C=O) groups excluding carboxylic acids is 4. The number of amides is 6. The number of hydrogen-bond acceptors (Lipinski definition) is 6. The summed E-state index contributed by atoms with van der Waals surface area (Å²) in [7, 11) is 0. The van der Waals surface area contributed by atoms with Crippen LogP contribution in [-0.2, 0) is 19.2 Å². The Morgan fingerprint density at radius 1 is 0.750 bits per heavy atom. The van der Waals surface area contributed by atoms with E-state index in [1.807, 2.05) is 0 Å². The molecular weight excluding hydrogens is 424 g/mol. The van der Waals surface area contributed by atoms with Crippen molar-refractivity contribution in [1.29, 1.82) is 0 Å². The molecule has 2 atom stereocenters. The molecule has 176 valence electrons. The summed E-state index contributed by atoms with van der Waals surface area (Å²) in [5.41, 5.74) is 0.